The molecule has 0 saturated carbocycles. The van der Waals surface area contributed by atoms with Crippen molar-refractivity contribution in [1.29, 1.82) is 0 Å². The van der Waals surface area contributed by atoms with Crippen LogP contribution >= 0.6 is 0 Å². The van der Waals surface area contributed by atoms with Gasteiger partial charge in [-0.15, -0.1) is 0 Å². The molecule has 0 rings (SSSR count). The Bertz CT molecular complexity index is 898. The Morgan fingerprint density at radius 3 is 0.741 bits per heavy atom. The van der Waals surface area contributed by atoms with Gasteiger partial charge in [0, 0.05) is 19.3 Å². The van der Waals surface area contributed by atoms with Crippen LogP contribution in [0.1, 0.15) is 279 Å². The first-order valence-corrected chi connectivity index (χ1v) is 25.6. The lowest BCUT2D eigenvalue weighted by molar-refractivity contribution is -0.167. The lowest BCUT2D eigenvalue weighted by Crippen LogP contribution is -2.30. The Labute approximate surface area is 361 Å². The van der Waals surface area contributed by atoms with Crippen molar-refractivity contribution in [3.05, 3.63) is 0 Å². The summed E-state index contributed by atoms with van der Waals surface area (Å²) in [5, 5.41) is 0. The molecule has 0 N–H and O–H groups in total. The number of unbranched alkanes of at least 4 members (excludes halogenated alkanes) is 28. The molecule has 0 aromatic heterocycles. The summed E-state index contributed by atoms with van der Waals surface area (Å²) in [4.78, 5) is 37.9. The second-order valence-corrected chi connectivity index (χ2v) is 19.2. The smallest absolute Gasteiger partial charge is 0.306 e. The molecule has 0 saturated heterocycles. The standard InChI is InChI=1S/C52H100O6/c1-46(2)38-32-26-20-14-10-8-7-9-11-17-25-31-37-43-52(55)58-49(45-57-51(54)42-36-30-24-19-18-22-28-34-40-48(5)6)44-56-50(53)41-35-29-23-16-13-12-15-21-27-33-39-47(3)4/h46-49H,7-45H2,1-6H3/t49-/m1/s1. The number of esters is 3. The molecule has 0 heterocycles. The Balaban J connectivity index is 4.32. The van der Waals surface area contributed by atoms with Crippen molar-refractivity contribution in [3.8, 4) is 0 Å². The Morgan fingerprint density at radius 1 is 0.293 bits per heavy atom. The monoisotopic (exact) mass is 821 g/mol. The van der Waals surface area contributed by atoms with Crippen LogP contribution in [0.5, 0.6) is 0 Å². The molecule has 6 nitrogen and oxygen atoms in total. The van der Waals surface area contributed by atoms with Gasteiger partial charge in [-0.2, -0.15) is 0 Å². The predicted molar refractivity (Wildman–Crippen MR) is 247 cm³/mol. The average molecular weight is 821 g/mol. The van der Waals surface area contributed by atoms with Gasteiger partial charge in [-0.3, -0.25) is 14.4 Å². The van der Waals surface area contributed by atoms with Crippen LogP contribution in [-0.2, 0) is 28.6 Å². The third-order valence-electron chi connectivity index (χ3n) is 11.6. The molecule has 0 radical (unpaired) electrons. The minimum Gasteiger partial charge on any atom is -0.462 e. The van der Waals surface area contributed by atoms with Crippen LogP contribution in [0.4, 0.5) is 0 Å². The normalized spacial score (nSPS) is 12.2. The third-order valence-corrected chi connectivity index (χ3v) is 11.6. The summed E-state index contributed by atoms with van der Waals surface area (Å²) in [6.45, 7) is 13.7. The lowest BCUT2D eigenvalue weighted by atomic mass is 10.0. The molecule has 0 bridgehead atoms. The molecular weight excluding hydrogens is 721 g/mol. The van der Waals surface area contributed by atoms with Gasteiger partial charge in [0.15, 0.2) is 6.10 Å². The first-order chi connectivity index (χ1) is 28.1. The zero-order valence-electron chi connectivity index (χ0n) is 39.8. The van der Waals surface area contributed by atoms with E-state index < -0.39 is 6.10 Å². The van der Waals surface area contributed by atoms with E-state index in [-0.39, 0.29) is 31.1 Å². The first kappa shape index (κ1) is 56.4. The zero-order chi connectivity index (χ0) is 42.7. The van der Waals surface area contributed by atoms with E-state index in [2.05, 4.69) is 41.5 Å². The molecule has 0 spiro atoms. The summed E-state index contributed by atoms with van der Waals surface area (Å²) in [6.07, 6.45) is 42.4. The van der Waals surface area contributed by atoms with Gasteiger partial charge >= 0.3 is 17.9 Å². The number of hydrogen-bond acceptors (Lipinski definition) is 6. The molecule has 0 aromatic rings. The molecule has 0 aromatic carbocycles. The maximum Gasteiger partial charge on any atom is 0.306 e. The maximum atomic E-state index is 12.8. The van der Waals surface area contributed by atoms with Crippen molar-refractivity contribution in [3.63, 3.8) is 0 Å². The highest BCUT2D eigenvalue weighted by Crippen LogP contribution is 2.17. The summed E-state index contributed by atoms with van der Waals surface area (Å²) in [6, 6.07) is 0. The van der Waals surface area contributed by atoms with E-state index in [9.17, 15) is 14.4 Å². The van der Waals surface area contributed by atoms with Crippen LogP contribution in [0.3, 0.4) is 0 Å². The Morgan fingerprint density at radius 2 is 0.500 bits per heavy atom. The molecule has 0 fully saturated rings. The van der Waals surface area contributed by atoms with Gasteiger partial charge in [-0.25, -0.2) is 0 Å². The summed E-state index contributed by atoms with van der Waals surface area (Å²) in [7, 11) is 0. The number of carbonyl (C=O) groups excluding carboxylic acids is 3. The second kappa shape index (κ2) is 43.5. The van der Waals surface area contributed by atoms with Crippen molar-refractivity contribution in [1.82, 2.24) is 0 Å². The fraction of sp³-hybridized carbons (Fsp3) is 0.942. The van der Waals surface area contributed by atoms with Crippen molar-refractivity contribution < 1.29 is 28.6 Å². The SMILES string of the molecule is CC(C)CCCCCCCCCCCCCCCC(=O)O[C@H](COC(=O)CCCCCCCCCCCCC(C)C)COC(=O)CCCCCCCCCCC(C)C. The van der Waals surface area contributed by atoms with Crippen LogP contribution in [0.15, 0.2) is 0 Å². The van der Waals surface area contributed by atoms with E-state index in [1.165, 1.54) is 161 Å². The van der Waals surface area contributed by atoms with E-state index in [1.807, 2.05) is 0 Å². The summed E-state index contributed by atoms with van der Waals surface area (Å²) in [5.41, 5.74) is 0. The molecule has 0 aliphatic heterocycles. The van der Waals surface area contributed by atoms with Crippen molar-refractivity contribution in [2.45, 2.75) is 285 Å². The van der Waals surface area contributed by atoms with Crippen LogP contribution in [-0.4, -0.2) is 37.2 Å². The van der Waals surface area contributed by atoms with E-state index in [1.54, 1.807) is 0 Å². The molecule has 0 aliphatic carbocycles. The van der Waals surface area contributed by atoms with Crippen LogP contribution in [0, 0.1) is 17.8 Å². The van der Waals surface area contributed by atoms with Gasteiger partial charge in [0.1, 0.15) is 13.2 Å². The minimum atomic E-state index is -0.762. The highest BCUT2D eigenvalue weighted by molar-refractivity contribution is 5.71. The topological polar surface area (TPSA) is 78.9 Å². The molecule has 1 atom stereocenters. The van der Waals surface area contributed by atoms with Gasteiger partial charge < -0.3 is 14.2 Å². The van der Waals surface area contributed by atoms with Crippen LogP contribution < -0.4 is 0 Å². The summed E-state index contributed by atoms with van der Waals surface area (Å²) >= 11 is 0. The lowest BCUT2D eigenvalue weighted by Gasteiger charge is -2.18. The zero-order valence-corrected chi connectivity index (χ0v) is 39.8. The molecule has 344 valence electrons. The predicted octanol–water partition coefficient (Wildman–Crippen LogP) is 16.4. The third kappa shape index (κ3) is 45.5. The molecule has 6 heteroatoms. The highest BCUT2D eigenvalue weighted by Gasteiger charge is 2.19. The quantitative estimate of drug-likeness (QED) is 0.0346. The number of hydrogen-bond donors (Lipinski definition) is 0. The highest BCUT2D eigenvalue weighted by atomic mass is 16.6. The molecule has 58 heavy (non-hydrogen) atoms. The van der Waals surface area contributed by atoms with Gasteiger partial charge in [-0.1, -0.05) is 241 Å². The van der Waals surface area contributed by atoms with Crippen LogP contribution in [0.2, 0.25) is 0 Å². The van der Waals surface area contributed by atoms with E-state index >= 15 is 0 Å². The van der Waals surface area contributed by atoms with Gasteiger partial charge in [0.05, 0.1) is 0 Å². The maximum absolute atomic E-state index is 12.8. The van der Waals surface area contributed by atoms with Crippen molar-refractivity contribution >= 4 is 17.9 Å². The Kier molecular flexibility index (Phi) is 42.3. The van der Waals surface area contributed by atoms with Gasteiger partial charge in [0.25, 0.3) is 0 Å². The van der Waals surface area contributed by atoms with E-state index in [0.29, 0.717) is 19.3 Å². The van der Waals surface area contributed by atoms with Crippen molar-refractivity contribution in [2.24, 2.45) is 17.8 Å². The fourth-order valence-electron chi connectivity index (χ4n) is 7.76. The molecule has 0 aliphatic rings. The average Bonchev–Trinajstić information content (AvgIpc) is 3.18. The molecular formula is C52H100O6. The van der Waals surface area contributed by atoms with E-state index in [4.69, 9.17) is 14.2 Å². The van der Waals surface area contributed by atoms with Crippen molar-refractivity contribution in [2.75, 3.05) is 13.2 Å². The summed E-state index contributed by atoms with van der Waals surface area (Å²) in [5.74, 6) is 1.60. The fourth-order valence-corrected chi connectivity index (χ4v) is 7.76. The second-order valence-electron chi connectivity index (χ2n) is 19.2. The Hall–Kier alpha value is -1.59. The first-order valence-electron chi connectivity index (χ1n) is 25.6. The molecule has 0 amide bonds. The largest absolute Gasteiger partial charge is 0.462 e. The van der Waals surface area contributed by atoms with E-state index in [0.717, 1.165) is 75.5 Å². The van der Waals surface area contributed by atoms with Gasteiger partial charge in [-0.05, 0) is 37.0 Å². The van der Waals surface area contributed by atoms with Gasteiger partial charge in [0.2, 0.25) is 0 Å². The number of rotatable bonds is 45. The summed E-state index contributed by atoms with van der Waals surface area (Å²) < 4.78 is 16.8. The minimum absolute atomic E-state index is 0.0652. The number of ether oxygens (including phenoxy) is 3. The number of carbonyl (C=O) groups is 3. The molecule has 0 unspecified atom stereocenters. The van der Waals surface area contributed by atoms with Crippen LogP contribution in [0.25, 0.3) is 0 Å².